The van der Waals surface area contributed by atoms with Crippen LogP contribution in [0.1, 0.15) is 29.2 Å². The molecule has 0 spiro atoms. The van der Waals surface area contributed by atoms with Gasteiger partial charge in [-0.25, -0.2) is 0 Å². The van der Waals surface area contributed by atoms with Gasteiger partial charge in [-0.3, -0.25) is 9.48 Å². The second kappa shape index (κ2) is 4.48. The van der Waals surface area contributed by atoms with Crippen LogP contribution in [-0.4, -0.2) is 35.0 Å². The van der Waals surface area contributed by atoms with Crippen molar-refractivity contribution >= 4 is 5.78 Å². The summed E-state index contributed by atoms with van der Waals surface area (Å²) in [6, 6.07) is -0.0847. The minimum absolute atomic E-state index is 0.0847. The molecular weight excluding hydrogens is 237 g/mol. The maximum absolute atomic E-state index is 12.2. The summed E-state index contributed by atoms with van der Waals surface area (Å²) in [6.45, 7) is 1.08. The Kier molecular flexibility index (Phi) is 3.19. The van der Waals surface area contributed by atoms with Crippen LogP contribution in [0.25, 0.3) is 0 Å². The molecule has 2 heterocycles. The van der Waals surface area contributed by atoms with Gasteiger partial charge in [0.2, 0.25) is 0 Å². The monoisotopic (exact) mass is 248 g/mol. The minimum Gasteiger partial charge on any atom is -0.379 e. The predicted octanol–water partition coefficient (Wildman–Crippen LogP) is 1.98. The van der Waals surface area contributed by atoms with Gasteiger partial charge in [-0.15, -0.1) is 0 Å². The summed E-state index contributed by atoms with van der Waals surface area (Å²) >= 11 is 0. The molecule has 0 bridgehead atoms. The number of halogens is 3. The number of aromatic nitrogens is 2. The summed E-state index contributed by atoms with van der Waals surface area (Å²) in [5.41, 5.74) is -0.428. The Labute approximate surface area is 95.4 Å². The third-order valence-corrected chi connectivity index (χ3v) is 2.63. The average molecular weight is 248 g/mol. The number of hydrogen-bond donors (Lipinski definition) is 0. The number of ether oxygens (including phenoxy) is 1. The molecule has 1 aliphatic heterocycles. The first-order chi connectivity index (χ1) is 7.98. The number of ketones is 1. The predicted molar refractivity (Wildman–Crippen MR) is 51.7 cm³/mol. The van der Waals surface area contributed by atoms with Crippen LogP contribution in [-0.2, 0) is 4.74 Å². The fourth-order valence-electron chi connectivity index (χ4n) is 1.75. The van der Waals surface area contributed by atoms with Crippen molar-refractivity contribution in [3.8, 4) is 0 Å². The minimum atomic E-state index is -4.85. The summed E-state index contributed by atoms with van der Waals surface area (Å²) < 4.78 is 43.1. The van der Waals surface area contributed by atoms with Crippen molar-refractivity contribution in [2.24, 2.45) is 0 Å². The molecule has 4 nitrogen and oxygen atoms in total. The lowest BCUT2D eigenvalue weighted by atomic mass is 10.1. The molecule has 0 amide bonds. The van der Waals surface area contributed by atoms with Crippen LogP contribution < -0.4 is 0 Å². The van der Waals surface area contributed by atoms with E-state index in [1.165, 1.54) is 4.68 Å². The number of hydrogen-bond acceptors (Lipinski definition) is 3. The highest BCUT2D eigenvalue weighted by Gasteiger charge is 2.40. The smallest absolute Gasteiger partial charge is 0.379 e. The highest BCUT2D eigenvalue weighted by Crippen LogP contribution is 2.23. The van der Waals surface area contributed by atoms with Crippen molar-refractivity contribution in [3.05, 3.63) is 18.0 Å². The molecule has 0 aromatic carbocycles. The van der Waals surface area contributed by atoms with E-state index >= 15 is 0 Å². The summed E-state index contributed by atoms with van der Waals surface area (Å²) in [5.74, 6) is -1.86. The first-order valence-corrected chi connectivity index (χ1v) is 5.22. The first kappa shape index (κ1) is 12.1. The number of carbonyl (C=O) groups excluding carboxylic acids is 1. The van der Waals surface area contributed by atoms with Gasteiger partial charge in [0.1, 0.15) is 0 Å². The van der Waals surface area contributed by atoms with Gasteiger partial charge in [0.05, 0.1) is 24.4 Å². The third kappa shape index (κ3) is 2.66. The summed E-state index contributed by atoms with van der Waals surface area (Å²) in [4.78, 5) is 11.0. The molecule has 7 heteroatoms. The molecule has 1 aliphatic rings. The lowest BCUT2D eigenvalue weighted by Crippen LogP contribution is -2.23. The quantitative estimate of drug-likeness (QED) is 0.752. The molecule has 1 aromatic rings. The molecule has 1 saturated heterocycles. The lowest BCUT2D eigenvalue weighted by molar-refractivity contribution is -0.0885. The van der Waals surface area contributed by atoms with E-state index in [-0.39, 0.29) is 6.04 Å². The molecular formula is C10H11F3N2O2. The van der Waals surface area contributed by atoms with E-state index in [1.54, 1.807) is 0 Å². The van der Waals surface area contributed by atoms with Crippen molar-refractivity contribution in [3.63, 3.8) is 0 Å². The van der Waals surface area contributed by atoms with Crippen molar-refractivity contribution in [2.45, 2.75) is 25.1 Å². The zero-order chi connectivity index (χ0) is 12.5. The summed E-state index contributed by atoms with van der Waals surface area (Å²) in [7, 11) is 0. The molecule has 0 aliphatic carbocycles. The topological polar surface area (TPSA) is 44.1 Å². The Bertz CT molecular complexity index is 408. The zero-order valence-electron chi connectivity index (χ0n) is 8.91. The van der Waals surface area contributed by atoms with Gasteiger partial charge in [-0.2, -0.15) is 18.3 Å². The van der Waals surface area contributed by atoms with Gasteiger partial charge in [0.15, 0.2) is 0 Å². The molecule has 1 aromatic heterocycles. The van der Waals surface area contributed by atoms with E-state index < -0.39 is 17.5 Å². The SMILES string of the molecule is O=C(c1cnn(C2CCCOC2)c1)C(F)(F)F. The van der Waals surface area contributed by atoms with E-state index in [4.69, 9.17) is 4.74 Å². The van der Waals surface area contributed by atoms with Gasteiger partial charge >= 0.3 is 6.18 Å². The van der Waals surface area contributed by atoms with Crippen LogP contribution >= 0.6 is 0 Å². The van der Waals surface area contributed by atoms with Crippen molar-refractivity contribution in [1.82, 2.24) is 9.78 Å². The van der Waals surface area contributed by atoms with E-state index in [9.17, 15) is 18.0 Å². The molecule has 0 saturated carbocycles. The molecule has 2 rings (SSSR count). The van der Waals surface area contributed by atoms with Crippen LogP contribution in [0.5, 0.6) is 0 Å². The third-order valence-electron chi connectivity index (χ3n) is 2.63. The number of rotatable bonds is 2. The summed E-state index contributed by atoms with van der Waals surface area (Å²) in [5, 5.41) is 3.79. The fraction of sp³-hybridized carbons (Fsp3) is 0.600. The van der Waals surface area contributed by atoms with Gasteiger partial charge < -0.3 is 4.74 Å². The zero-order valence-corrected chi connectivity index (χ0v) is 8.91. The molecule has 1 fully saturated rings. The van der Waals surface area contributed by atoms with Gasteiger partial charge in [0.25, 0.3) is 5.78 Å². The van der Waals surface area contributed by atoms with Crippen LogP contribution in [0.15, 0.2) is 12.4 Å². The second-order valence-corrected chi connectivity index (χ2v) is 3.91. The Hall–Kier alpha value is -1.37. The molecule has 94 valence electrons. The van der Waals surface area contributed by atoms with Crippen molar-refractivity contribution < 1.29 is 22.7 Å². The second-order valence-electron chi connectivity index (χ2n) is 3.91. The Morgan fingerprint density at radius 2 is 2.29 bits per heavy atom. The van der Waals surface area contributed by atoms with Crippen LogP contribution in [0.3, 0.4) is 0 Å². The molecule has 1 atom stereocenters. The van der Waals surface area contributed by atoms with Crippen molar-refractivity contribution in [1.29, 1.82) is 0 Å². The number of carbonyl (C=O) groups is 1. The maximum atomic E-state index is 12.2. The number of Topliss-reactive ketones (excluding diaryl/α,β-unsaturated/α-hetero) is 1. The molecule has 0 radical (unpaired) electrons. The van der Waals surface area contributed by atoms with E-state index in [0.717, 1.165) is 25.2 Å². The molecule has 17 heavy (non-hydrogen) atoms. The number of alkyl halides is 3. The number of nitrogens with zero attached hydrogens (tertiary/aromatic N) is 2. The highest BCUT2D eigenvalue weighted by molar-refractivity contribution is 5.99. The van der Waals surface area contributed by atoms with Gasteiger partial charge in [-0.1, -0.05) is 0 Å². The van der Waals surface area contributed by atoms with E-state index in [0.29, 0.717) is 13.2 Å². The van der Waals surface area contributed by atoms with E-state index in [2.05, 4.69) is 5.10 Å². The summed E-state index contributed by atoms with van der Waals surface area (Å²) in [6.07, 6.45) is -1.13. The first-order valence-electron chi connectivity index (χ1n) is 5.22. The standard InChI is InChI=1S/C10H11F3N2O2/c11-10(12,13)9(16)7-4-14-15(5-7)8-2-1-3-17-6-8/h4-5,8H,1-3,6H2. The largest absolute Gasteiger partial charge is 0.454 e. The fourth-order valence-corrected chi connectivity index (χ4v) is 1.75. The van der Waals surface area contributed by atoms with Crippen LogP contribution in [0.4, 0.5) is 13.2 Å². The van der Waals surface area contributed by atoms with Gasteiger partial charge in [0, 0.05) is 12.8 Å². The Morgan fingerprint density at radius 3 is 2.88 bits per heavy atom. The maximum Gasteiger partial charge on any atom is 0.454 e. The Balaban J connectivity index is 2.12. The Morgan fingerprint density at radius 1 is 1.53 bits per heavy atom. The van der Waals surface area contributed by atoms with E-state index in [1.807, 2.05) is 0 Å². The molecule has 0 N–H and O–H groups in total. The van der Waals surface area contributed by atoms with Gasteiger partial charge in [-0.05, 0) is 12.8 Å². The van der Waals surface area contributed by atoms with Crippen LogP contribution in [0, 0.1) is 0 Å². The lowest BCUT2D eigenvalue weighted by Gasteiger charge is -2.22. The highest BCUT2D eigenvalue weighted by atomic mass is 19.4. The molecule has 1 unspecified atom stereocenters. The normalized spacial score (nSPS) is 21.5. The van der Waals surface area contributed by atoms with Crippen molar-refractivity contribution in [2.75, 3.05) is 13.2 Å². The average Bonchev–Trinajstić information content (AvgIpc) is 2.77. The van der Waals surface area contributed by atoms with Crippen LogP contribution in [0.2, 0.25) is 0 Å².